The van der Waals surface area contributed by atoms with Gasteiger partial charge in [-0.05, 0) is 45.3 Å². The Morgan fingerprint density at radius 2 is 2.29 bits per heavy atom. The summed E-state index contributed by atoms with van der Waals surface area (Å²) in [6.07, 6.45) is 4.42. The lowest BCUT2D eigenvalue weighted by Crippen LogP contribution is -2.49. The Morgan fingerprint density at radius 1 is 1.53 bits per heavy atom. The summed E-state index contributed by atoms with van der Waals surface area (Å²) in [5.74, 6) is 0.982. The van der Waals surface area contributed by atoms with Gasteiger partial charge in [-0.2, -0.15) is 0 Å². The molecule has 17 heavy (non-hydrogen) atoms. The van der Waals surface area contributed by atoms with Crippen molar-refractivity contribution in [3.63, 3.8) is 0 Å². The maximum absolute atomic E-state index is 12.2. The van der Waals surface area contributed by atoms with Crippen LogP contribution in [0.15, 0.2) is 0 Å². The number of nitrogens with one attached hydrogen (secondary N) is 2. The topological polar surface area (TPSA) is 44.4 Å². The van der Waals surface area contributed by atoms with Gasteiger partial charge < -0.3 is 15.5 Å². The van der Waals surface area contributed by atoms with E-state index in [-0.39, 0.29) is 11.9 Å². The lowest BCUT2D eigenvalue weighted by atomic mass is 9.90. The molecule has 1 heterocycles. The highest BCUT2D eigenvalue weighted by molar-refractivity contribution is 5.81. The van der Waals surface area contributed by atoms with Crippen LogP contribution in [-0.4, -0.2) is 50.6 Å². The minimum atomic E-state index is 0.0493. The van der Waals surface area contributed by atoms with Crippen molar-refractivity contribution in [3.8, 4) is 0 Å². The number of hydrogen-bond acceptors (Lipinski definition) is 3. The smallest absolute Gasteiger partial charge is 0.239 e. The van der Waals surface area contributed by atoms with E-state index in [1.54, 1.807) is 0 Å². The Labute approximate surface area is 105 Å². The lowest BCUT2D eigenvalue weighted by molar-refractivity contribution is -0.133. The molecule has 0 radical (unpaired) electrons. The van der Waals surface area contributed by atoms with Crippen LogP contribution in [0.1, 0.15) is 32.6 Å². The average Bonchev–Trinajstić information content (AvgIpc) is 2.38. The molecular weight excluding hydrogens is 214 g/mol. The van der Waals surface area contributed by atoms with E-state index in [4.69, 9.17) is 0 Å². The minimum absolute atomic E-state index is 0.0493. The van der Waals surface area contributed by atoms with Gasteiger partial charge in [0.1, 0.15) is 0 Å². The van der Waals surface area contributed by atoms with Gasteiger partial charge in [0.15, 0.2) is 0 Å². The van der Waals surface area contributed by atoms with Gasteiger partial charge in [0.2, 0.25) is 5.91 Å². The second-order valence-electron chi connectivity index (χ2n) is 5.02. The van der Waals surface area contributed by atoms with Crippen LogP contribution in [0.3, 0.4) is 0 Å². The van der Waals surface area contributed by atoms with Gasteiger partial charge in [0, 0.05) is 13.6 Å². The molecule has 4 nitrogen and oxygen atoms in total. The Balaban J connectivity index is 2.34. The summed E-state index contributed by atoms with van der Waals surface area (Å²) >= 11 is 0. The van der Waals surface area contributed by atoms with Crippen LogP contribution in [0.4, 0.5) is 0 Å². The first-order valence-corrected chi connectivity index (χ1v) is 6.82. The molecule has 1 rings (SSSR count). The molecule has 1 aliphatic heterocycles. The van der Waals surface area contributed by atoms with Crippen molar-refractivity contribution in [3.05, 3.63) is 0 Å². The Morgan fingerprint density at radius 3 is 2.94 bits per heavy atom. The monoisotopic (exact) mass is 241 g/mol. The Bertz CT molecular complexity index is 233. The molecule has 4 heteroatoms. The van der Waals surface area contributed by atoms with E-state index in [0.29, 0.717) is 0 Å². The number of rotatable bonds is 6. The van der Waals surface area contributed by atoms with E-state index in [2.05, 4.69) is 17.6 Å². The van der Waals surface area contributed by atoms with Crippen LogP contribution in [-0.2, 0) is 4.79 Å². The second kappa shape index (κ2) is 7.67. The van der Waals surface area contributed by atoms with E-state index in [0.717, 1.165) is 38.4 Å². The van der Waals surface area contributed by atoms with Crippen LogP contribution in [0.25, 0.3) is 0 Å². The Hall–Kier alpha value is -0.610. The molecule has 0 bridgehead atoms. The van der Waals surface area contributed by atoms with Crippen LogP contribution >= 0.6 is 0 Å². The molecule has 0 aliphatic carbocycles. The van der Waals surface area contributed by atoms with Crippen molar-refractivity contribution in [2.45, 2.75) is 38.6 Å². The summed E-state index contributed by atoms with van der Waals surface area (Å²) in [6.45, 7) is 5.01. The first kappa shape index (κ1) is 14.5. The number of amides is 1. The van der Waals surface area contributed by atoms with E-state index in [1.165, 1.54) is 12.8 Å². The van der Waals surface area contributed by atoms with Gasteiger partial charge in [0.25, 0.3) is 0 Å². The molecule has 0 aromatic heterocycles. The molecular formula is C13H27N3O. The molecule has 1 aliphatic rings. The van der Waals surface area contributed by atoms with Gasteiger partial charge >= 0.3 is 0 Å². The van der Waals surface area contributed by atoms with Crippen molar-refractivity contribution in [2.75, 3.05) is 33.7 Å². The number of piperidine rings is 1. The molecule has 0 aromatic carbocycles. The predicted octanol–water partition coefficient (Wildman–Crippen LogP) is 0.833. The minimum Gasteiger partial charge on any atom is -0.344 e. The zero-order valence-corrected chi connectivity index (χ0v) is 11.5. The standard InChI is InChI=1S/C13H27N3O/c1-4-11-6-8-15-12(10-11)13(17)16(3)9-5-7-14-2/h11-12,14-15H,4-10H2,1-3H3. The quantitative estimate of drug-likeness (QED) is 0.677. The zero-order valence-electron chi connectivity index (χ0n) is 11.5. The predicted molar refractivity (Wildman–Crippen MR) is 71.0 cm³/mol. The highest BCUT2D eigenvalue weighted by Crippen LogP contribution is 2.20. The van der Waals surface area contributed by atoms with E-state index in [1.807, 2.05) is 19.0 Å². The van der Waals surface area contributed by atoms with Gasteiger partial charge in [0.05, 0.1) is 6.04 Å². The number of carbonyl (C=O) groups excluding carboxylic acids is 1. The van der Waals surface area contributed by atoms with Crippen molar-refractivity contribution in [1.82, 2.24) is 15.5 Å². The van der Waals surface area contributed by atoms with Crippen molar-refractivity contribution in [2.24, 2.45) is 5.92 Å². The summed E-state index contributed by atoms with van der Waals surface area (Å²) < 4.78 is 0. The maximum Gasteiger partial charge on any atom is 0.239 e. The number of carbonyl (C=O) groups is 1. The number of nitrogens with zero attached hydrogens (tertiary/aromatic N) is 1. The van der Waals surface area contributed by atoms with Gasteiger partial charge in [-0.1, -0.05) is 13.3 Å². The summed E-state index contributed by atoms with van der Waals surface area (Å²) in [5.41, 5.74) is 0. The fourth-order valence-electron chi connectivity index (χ4n) is 2.42. The lowest BCUT2D eigenvalue weighted by Gasteiger charge is -2.31. The molecule has 2 atom stereocenters. The van der Waals surface area contributed by atoms with E-state index in [9.17, 15) is 4.79 Å². The van der Waals surface area contributed by atoms with Crippen LogP contribution in [0, 0.1) is 5.92 Å². The SMILES string of the molecule is CCC1CCNC(C(=O)N(C)CCCNC)C1. The fraction of sp³-hybridized carbons (Fsp3) is 0.923. The largest absolute Gasteiger partial charge is 0.344 e. The zero-order chi connectivity index (χ0) is 12.7. The molecule has 0 saturated carbocycles. The normalized spacial score (nSPS) is 24.6. The van der Waals surface area contributed by atoms with Crippen LogP contribution in [0.5, 0.6) is 0 Å². The molecule has 2 unspecified atom stereocenters. The van der Waals surface area contributed by atoms with Gasteiger partial charge in [-0.15, -0.1) is 0 Å². The molecule has 1 amide bonds. The third kappa shape index (κ3) is 4.64. The summed E-state index contributed by atoms with van der Waals surface area (Å²) in [6, 6.07) is 0.0493. The summed E-state index contributed by atoms with van der Waals surface area (Å²) in [5, 5.41) is 6.45. The van der Waals surface area contributed by atoms with Crippen molar-refractivity contribution in [1.29, 1.82) is 0 Å². The number of likely N-dealkylation sites (N-methyl/N-ethyl adjacent to an activating group) is 1. The van der Waals surface area contributed by atoms with Gasteiger partial charge in [-0.3, -0.25) is 4.79 Å². The van der Waals surface area contributed by atoms with Crippen molar-refractivity contribution < 1.29 is 4.79 Å². The first-order valence-electron chi connectivity index (χ1n) is 6.82. The summed E-state index contributed by atoms with van der Waals surface area (Å²) in [7, 11) is 3.85. The molecule has 0 aromatic rings. The van der Waals surface area contributed by atoms with Gasteiger partial charge in [-0.25, -0.2) is 0 Å². The van der Waals surface area contributed by atoms with E-state index >= 15 is 0 Å². The molecule has 100 valence electrons. The molecule has 1 fully saturated rings. The first-order chi connectivity index (χ1) is 8.19. The van der Waals surface area contributed by atoms with Crippen LogP contribution < -0.4 is 10.6 Å². The van der Waals surface area contributed by atoms with Crippen LogP contribution in [0.2, 0.25) is 0 Å². The maximum atomic E-state index is 12.2. The molecule has 0 spiro atoms. The number of hydrogen-bond donors (Lipinski definition) is 2. The fourth-order valence-corrected chi connectivity index (χ4v) is 2.42. The summed E-state index contributed by atoms with van der Waals surface area (Å²) in [4.78, 5) is 14.1. The Kier molecular flexibility index (Phi) is 6.52. The molecule has 2 N–H and O–H groups in total. The highest BCUT2D eigenvalue weighted by atomic mass is 16.2. The highest BCUT2D eigenvalue weighted by Gasteiger charge is 2.27. The third-order valence-corrected chi connectivity index (χ3v) is 3.68. The average molecular weight is 241 g/mol. The van der Waals surface area contributed by atoms with E-state index < -0.39 is 0 Å². The molecule has 1 saturated heterocycles. The third-order valence-electron chi connectivity index (χ3n) is 3.68. The second-order valence-corrected chi connectivity index (χ2v) is 5.02. The van der Waals surface area contributed by atoms with Crippen molar-refractivity contribution >= 4 is 5.91 Å².